The lowest BCUT2D eigenvalue weighted by atomic mass is 9.92. The molecule has 0 radical (unpaired) electrons. The first-order valence-electron chi connectivity index (χ1n) is 12.0. The van der Waals surface area contributed by atoms with Gasteiger partial charge in [0.25, 0.3) is 0 Å². The number of phenolic OH excluding ortho intramolecular Hbond substituents is 1. The van der Waals surface area contributed by atoms with Gasteiger partial charge < -0.3 is 29.5 Å². The highest BCUT2D eigenvalue weighted by Crippen LogP contribution is 2.34. The highest BCUT2D eigenvalue weighted by molar-refractivity contribution is 5.71. The second kappa shape index (κ2) is 11.2. The van der Waals surface area contributed by atoms with Crippen LogP contribution in [0, 0.1) is 26.7 Å². The van der Waals surface area contributed by atoms with Crippen LogP contribution in [0.4, 0.5) is 0 Å². The summed E-state index contributed by atoms with van der Waals surface area (Å²) in [7, 11) is 1.76. The maximum absolute atomic E-state index is 10.4. The zero-order valence-electron chi connectivity index (χ0n) is 20.8. The molecule has 4 rings (SSSR count). The van der Waals surface area contributed by atoms with Gasteiger partial charge in [0.1, 0.15) is 30.0 Å². The third-order valence-corrected chi connectivity index (χ3v) is 6.37. The zero-order chi connectivity index (χ0) is 24.9. The number of aliphatic hydroxyl groups excluding tert-OH is 1. The van der Waals surface area contributed by atoms with Crippen LogP contribution < -0.4 is 10.1 Å². The van der Waals surface area contributed by atoms with Gasteiger partial charge in [0, 0.05) is 37.1 Å². The van der Waals surface area contributed by atoms with Gasteiger partial charge in [-0.25, -0.2) is 9.97 Å². The third kappa shape index (κ3) is 5.98. The number of aromatic nitrogens is 3. The van der Waals surface area contributed by atoms with Crippen LogP contribution in [0.2, 0.25) is 0 Å². The summed E-state index contributed by atoms with van der Waals surface area (Å²) in [5.74, 6) is 2.15. The summed E-state index contributed by atoms with van der Waals surface area (Å²) < 4.78 is 16.7. The number of aromatic hydroxyl groups is 1. The molecule has 0 amide bonds. The number of ether oxygens (including phenoxy) is 2. The number of nitrogens with zero attached hydrogens (tertiary/aromatic N) is 3. The number of rotatable bonds is 9. The van der Waals surface area contributed by atoms with Gasteiger partial charge >= 0.3 is 0 Å². The number of aliphatic hydroxyl groups is 1. The molecule has 0 bridgehead atoms. The summed E-state index contributed by atoms with van der Waals surface area (Å²) in [5.41, 5.74) is 5.01. The highest BCUT2D eigenvalue weighted by atomic mass is 16.5. The molecule has 0 aliphatic carbocycles. The maximum Gasteiger partial charge on any atom is 0.160 e. The summed E-state index contributed by atoms with van der Waals surface area (Å²) in [5, 5.41) is 27.4. The van der Waals surface area contributed by atoms with Crippen LogP contribution in [0.3, 0.4) is 0 Å². The van der Waals surface area contributed by atoms with E-state index in [2.05, 4.69) is 10.5 Å². The molecular formula is C26H34N4O5. The van der Waals surface area contributed by atoms with Crippen LogP contribution in [0.15, 0.2) is 22.7 Å². The van der Waals surface area contributed by atoms with Crippen molar-refractivity contribution in [3.05, 3.63) is 40.9 Å². The van der Waals surface area contributed by atoms with Crippen molar-refractivity contribution in [2.24, 2.45) is 5.92 Å². The first-order valence-corrected chi connectivity index (χ1v) is 12.0. The van der Waals surface area contributed by atoms with Gasteiger partial charge in [-0.15, -0.1) is 0 Å². The van der Waals surface area contributed by atoms with E-state index in [1.54, 1.807) is 19.2 Å². The maximum atomic E-state index is 10.4. The number of likely N-dealkylation sites (N-methyl/N-ethyl adjacent to an activating group) is 1. The van der Waals surface area contributed by atoms with Crippen LogP contribution in [0.25, 0.3) is 22.6 Å². The van der Waals surface area contributed by atoms with Crippen molar-refractivity contribution >= 4 is 0 Å². The van der Waals surface area contributed by atoms with Gasteiger partial charge in [-0.2, -0.15) is 0 Å². The Hall–Kier alpha value is -3.01. The molecule has 1 unspecified atom stereocenters. The van der Waals surface area contributed by atoms with Crippen molar-refractivity contribution < 1.29 is 24.2 Å². The summed E-state index contributed by atoms with van der Waals surface area (Å²) in [6.45, 7) is 7.87. The number of aryl methyl sites for hydroxylation is 2. The number of phenols is 1. The first kappa shape index (κ1) is 25.1. The van der Waals surface area contributed by atoms with Crippen molar-refractivity contribution in [2.75, 3.05) is 33.4 Å². The minimum Gasteiger partial charge on any atom is -0.508 e. The fourth-order valence-electron chi connectivity index (χ4n) is 4.46. The lowest BCUT2D eigenvalue weighted by Gasteiger charge is -2.23. The summed E-state index contributed by atoms with van der Waals surface area (Å²) in [6, 6.07) is 4.92. The van der Waals surface area contributed by atoms with E-state index >= 15 is 0 Å². The van der Waals surface area contributed by atoms with E-state index < -0.39 is 6.10 Å². The molecule has 3 aromatic rings. The van der Waals surface area contributed by atoms with E-state index in [1.165, 1.54) is 6.07 Å². The number of hydrogen-bond acceptors (Lipinski definition) is 9. The van der Waals surface area contributed by atoms with Gasteiger partial charge in [0.15, 0.2) is 5.82 Å². The van der Waals surface area contributed by atoms with E-state index in [0.29, 0.717) is 35.4 Å². The molecule has 3 heterocycles. The first-order chi connectivity index (χ1) is 16.9. The Morgan fingerprint density at radius 3 is 2.60 bits per heavy atom. The van der Waals surface area contributed by atoms with E-state index in [1.807, 2.05) is 20.8 Å². The molecule has 0 spiro atoms. The molecule has 3 N–H and O–H groups in total. The Labute approximate surface area is 205 Å². The predicted octanol–water partition coefficient (Wildman–Crippen LogP) is 3.36. The molecule has 1 aliphatic rings. The van der Waals surface area contributed by atoms with Gasteiger partial charge in [0.05, 0.1) is 17.0 Å². The monoisotopic (exact) mass is 482 g/mol. The Bertz CT molecular complexity index is 1140. The Kier molecular flexibility index (Phi) is 8.00. The molecule has 188 valence electrons. The average molecular weight is 483 g/mol. The fraction of sp³-hybridized carbons (Fsp3) is 0.500. The summed E-state index contributed by atoms with van der Waals surface area (Å²) in [4.78, 5) is 9.85. The second-order valence-corrected chi connectivity index (χ2v) is 9.16. The molecular weight excluding hydrogens is 448 g/mol. The molecule has 9 nitrogen and oxygen atoms in total. The average Bonchev–Trinajstić information content (AvgIpc) is 3.17. The van der Waals surface area contributed by atoms with Crippen LogP contribution in [0.5, 0.6) is 11.5 Å². The van der Waals surface area contributed by atoms with Crippen molar-refractivity contribution in [1.29, 1.82) is 0 Å². The third-order valence-electron chi connectivity index (χ3n) is 6.37. The van der Waals surface area contributed by atoms with Gasteiger partial charge in [-0.1, -0.05) is 5.16 Å². The van der Waals surface area contributed by atoms with Crippen LogP contribution >= 0.6 is 0 Å². The van der Waals surface area contributed by atoms with E-state index in [0.717, 1.165) is 60.7 Å². The topological polar surface area (TPSA) is 123 Å². The molecule has 35 heavy (non-hydrogen) atoms. The van der Waals surface area contributed by atoms with E-state index in [9.17, 15) is 10.2 Å². The molecule has 1 fully saturated rings. The molecule has 2 aromatic heterocycles. The van der Waals surface area contributed by atoms with E-state index in [4.69, 9.17) is 24.0 Å². The SMILES string of the molecule is CNCC(O)COc1cc(O)cc(-c2nc(CC3CCOCC3)c(C)c(-c3c(C)noc3C)n2)c1. The van der Waals surface area contributed by atoms with Gasteiger partial charge in [-0.05, 0) is 70.7 Å². The molecule has 1 saturated heterocycles. The Morgan fingerprint density at radius 1 is 1.14 bits per heavy atom. The summed E-state index contributed by atoms with van der Waals surface area (Å²) in [6.07, 6.45) is 2.15. The van der Waals surface area contributed by atoms with Crippen molar-refractivity contribution in [3.8, 4) is 34.1 Å². The van der Waals surface area contributed by atoms with Crippen LogP contribution in [-0.4, -0.2) is 64.9 Å². The van der Waals surface area contributed by atoms with E-state index in [-0.39, 0.29) is 12.4 Å². The quantitative estimate of drug-likeness (QED) is 0.421. The molecule has 1 aromatic carbocycles. The minimum atomic E-state index is -0.668. The van der Waals surface area contributed by atoms with Crippen molar-refractivity contribution in [3.63, 3.8) is 0 Å². The lowest BCUT2D eigenvalue weighted by molar-refractivity contribution is 0.0662. The highest BCUT2D eigenvalue weighted by Gasteiger charge is 2.23. The molecule has 1 aliphatic heterocycles. The zero-order valence-corrected chi connectivity index (χ0v) is 20.8. The molecule has 0 saturated carbocycles. The van der Waals surface area contributed by atoms with Crippen molar-refractivity contribution in [2.45, 2.75) is 46.1 Å². The fourth-order valence-corrected chi connectivity index (χ4v) is 4.46. The largest absolute Gasteiger partial charge is 0.508 e. The second-order valence-electron chi connectivity index (χ2n) is 9.16. The van der Waals surface area contributed by atoms with Gasteiger partial charge in [0.2, 0.25) is 0 Å². The Morgan fingerprint density at radius 2 is 1.91 bits per heavy atom. The van der Waals surface area contributed by atoms with Crippen LogP contribution in [-0.2, 0) is 11.2 Å². The lowest BCUT2D eigenvalue weighted by Crippen LogP contribution is -2.29. The van der Waals surface area contributed by atoms with Gasteiger partial charge in [-0.3, -0.25) is 0 Å². The normalized spacial score (nSPS) is 15.3. The van der Waals surface area contributed by atoms with Crippen LogP contribution in [0.1, 0.15) is 35.6 Å². The Balaban J connectivity index is 1.75. The number of hydrogen-bond donors (Lipinski definition) is 3. The molecule has 9 heteroatoms. The van der Waals surface area contributed by atoms with Crippen molar-refractivity contribution in [1.82, 2.24) is 20.4 Å². The summed E-state index contributed by atoms with van der Waals surface area (Å²) >= 11 is 0. The number of benzene rings is 1. The number of nitrogens with one attached hydrogen (secondary N) is 1. The standard InChI is InChI=1S/C26H34N4O5/c1-15-23(9-18-5-7-33-8-6-18)28-26(29-25(15)24-16(2)30-35-17(24)3)19-10-20(31)12-22(11-19)34-14-21(32)13-27-4/h10-12,18,21,27,31-32H,5-9,13-14H2,1-4H3. The minimum absolute atomic E-state index is 0.0367. The predicted molar refractivity (Wildman–Crippen MR) is 132 cm³/mol. The molecule has 1 atom stereocenters. The smallest absolute Gasteiger partial charge is 0.160 e.